The molecule has 0 amide bonds. The number of hydrogen-bond acceptors (Lipinski definition) is 3. The van der Waals surface area contributed by atoms with E-state index in [9.17, 15) is 10.1 Å². The van der Waals surface area contributed by atoms with E-state index in [1.54, 1.807) is 6.07 Å². The normalized spacial score (nSPS) is 23.4. The second-order valence-corrected chi connectivity index (χ2v) is 6.16. The van der Waals surface area contributed by atoms with Crippen molar-refractivity contribution in [3.8, 4) is 0 Å². The average molecular weight is 327 g/mol. The zero-order chi connectivity index (χ0) is 14.0. The smallest absolute Gasteiger partial charge is 0.293 e. The van der Waals surface area contributed by atoms with Crippen LogP contribution in [-0.4, -0.2) is 17.5 Å². The molecule has 0 saturated carbocycles. The van der Waals surface area contributed by atoms with Gasteiger partial charge in [0.2, 0.25) is 0 Å². The first-order valence-electron chi connectivity index (χ1n) is 6.73. The van der Waals surface area contributed by atoms with Crippen LogP contribution >= 0.6 is 15.9 Å². The lowest BCUT2D eigenvalue weighted by Crippen LogP contribution is -2.42. The standard InChI is InChI=1S/C14H19BrN2O2/c1-3-11-5-4-10(2)16(9-11)13-7-6-12(15)8-14(13)17(18)19/h6-8,10-11H,3-5,9H2,1-2H3. The second-order valence-electron chi connectivity index (χ2n) is 5.24. The first-order valence-corrected chi connectivity index (χ1v) is 7.52. The maximum absolute atomic E-state index is 11.2. The van der Waals surface area contributed by atoms with Crippen molar-refractivity contribution >= 4 is 27.3 Å². The highest BCUT2D eigenvalue weighted by Gasteiger charge is 2.29. The summed E-state index contributed by atoms with van der Waals surface area (Å²) in [5.74, 6) is 0.638. The number of benzene rings is 1. The Kier molecular flexibility index (Phi) is 4.45. The van der Waals surface area contributed by atoms with Crippen molar-refractivity contribution in [2.45, 2.75) is 39.2 Å². The van der Waals surface area contributed by atoms with Crippen LogP contribution in [0.2, 0.25) is 0 Å². The van der Waals surface area contributed by atoms with E-state index in [1.165, 1.54) is 6.42 Å². The molecule has 4 nitrogen and oxygen atoms in total. The van der Waals surface area contributed by atoms with Gasteiger partial charge in [0.1, 0.15) is 5.69 Å². The SMILES string of the molecule is CCC1CCC(C)N(c2ccc(Br)cc2[N+](=O)[O-])C1. The van der Waals surface area contributed by atoms with E-state index in [1.807, 2.05) is 12.1 Å². The molecule has 0 aliphatic carbocycles. The van der Waals surface area contributed by atoms with Gasteiger partial charge >= 0.3 is 0 Å². The van der Waals surface area contributed by atoms with Crippen LogP contribution in [0.3, 0.4) is 0 Å². The van der Waals surface area contributed by atoms with E-state index in [4.69, 9.17) is 0 Å². The zero-order valence-corrected chi connectivity index (χ0v) is 12.9. The minimum absolute atomic E-state index is 0.193. The fourth-order valence-electron chi connectivity index (χ4n) is 2.74. The molecule has 1 aromatic carbocycles. The number of nitro groups is 1. The van der Waals surface area contributed by atoms with E-state index in [0.717, 1.165) is 29.5 Å². The predicted octanol–water partition coefficient (Wildman–Crippen LogP) is 4.37. The predicted molar refractivity (Wildman–Crippen MR) is 80.6 cm³/mol. The van der Waals surface area contributed by atoms with Gasteiger partial charge in [0.25, 0.3) is 5.69 Å². The van der Waals surface area contributed by atoms with Crippen LogP contribution in [0.1, 0.15) is 33.1 Å². The molecule has 1 aliphatic heterocycles. The Balaban J connectivity index is 2.36. The van der Waals surface area contributed by atoms with Gasteiger partial charge in [-0.2, -0.15) is 0 Å². The lowest BCUT2D eigenvalue weighted by Gasteiger charge is -2.39. The molecule has 104 valence electrons. The molecule has 19 heavy (non-hydrogen) atoms. The highest BCUT2D eigenvalue weighted by Crippen LogP contribution is 2.36. The molecule has 1 fully saturated rings. The van der Waals surface area contributed by atoms with Crippen LogP contribution in [0.5, 0.6) is 0 Å². The van der Waals surface area contributed by atoms with Gasteiger partial charge in [-0.3, -0.25) is 10.1 Å². The summed E-state index contributed by atoms with van der Waals surface area (Å²) >= 11 is 3.31. The van der Waals surface area contributed by atoms with Crippen LogP contribution in [0.25, 0.3) is 0 Å². The molecule has 1 aromatic rings. The molecule has 2 rings (SSSR count). The largest absolute Gasteiger partial charge is 0.363 e. The highest BCUT2D eigenvalue weighted by molar-refractivity contribution is 9.10. The van der Waals surface area contributed by atoms with Crippen molar-refractivity contribution in [1.82, 2.24) is 0 Å². The van der Waals surface area contributed by atoms with Crippen molar-refractivity contribution in [2.24, 2.45) is 5.92 Å². The summed E-state index contributed by atoms with van der Waals surface area (Å²) in [4.78, 5) is 13.1. The third kappa shape index (κ3) is 3.08. The maximum Gasteiger partial charge on any atom is 0.293 e. The molecule has 5 heteroatoms. The number of rotatable bonds is 3. The van der Waals surface area contributed by atoms with Gasteiger partial charge in [-0.1, -0.05) is 29.3 Å². The zero-order valence-electron chi connectivity index (χ0n) is 11.3. The summed E-state index contributed by atoms with van der Waals surface area (Å²) in [6, 6.07) is 5.70. The lowest BCUT2D eigenvalue weighted by molar-refractivity contribution is -0.384. The van der Waals surface area contributed by atoms with Crippen LogP contribution in [0.4, 0.5) is 11.4 Å². The van der Waals surface area contributed by atoms with Gasteiger partial charge in [-0.05, 0) is 37.8 Å². The third-order valence-corrected chi connectivity index (χ3v) is 4.49. The molecule has 0 aromatic heterocycles. The van der Waals surface area contributed by atoms with Crippen LogP contribution < -0.4 is 4.90 Å². The number of hydrogen-bond donors (Lipinski definition) is 0. The van der Waals surface area contributed by atoms with E-state index in [-0.39, 0.29) is 10.6 Å². The molecule has 0 N–H and O–H groups in total. The van der Waals surface area contributed by atoms with E-state index in [0.29, 0.717) is 12.0 Å². The number of anilines is 1. The van der Waals surface area contributed by atoms with Gasteiger partial charge < -0.3 is 4.90 Å². The molecule has 0 bridgehead atoms. The summed E-state index contributed by atoms with van der Waals surface area (Å²) in [6.45, 7) is 5.26. The number of nitro benzene ring substituents is 1. The Morgan fingerprint density at radius 2 is 2.21 bits per heavy atom. The van der Waals surface area contributed by atoms with Gasteiger partial charge in [0, 0.05) is 23.1 Å². The first-order chi connectivity index (χ1) is 9.02. The fourth-order valence-corrected chi connectivity index (χ4v) is 3.09. The third-order valence-electron chi connectivity index (χ3n) is 4.00. The molecule has 1 heterocycles. The summed E-state index contributed by atoms with van der Waals surface area (Å²) in [5, 5.41) is 11.2. The van der Waals surface area contributed by atoms with Crippen molar-refractivity contribution in [2.75, 3.05) is 11.4 Å². The van der Waals surface area contributed by atoms with E-state index < -0.39 is 0 Å². The minimum Gasteiger partial charge on any atom is -0.363 e. The van der Waals surface area contributed by atoms with Crippen molar-refractivity contribution in [3.63, 3.8) is 0 Å². The quantitative estimate of drug-likeness (QED) is 0.612. The van der Waals surface area contributed by atoms with Crippen molar-refractivity contribution in [3.05, 3.63) is 32.8 Å². The maximum atomic E-state index is 11.2. The first kappa shape index (κ1) is 14.3. The summed E-state index contributed by atoms with van der Waals surface area (Å²) in [6.07, 6.45) is 3.46. The number of nitrogens with zero attached hydrogens (tertiary/aromatic N) is 2. The molecule has 2 atom stereocenters. The van der Waals surface area contributed by atoms with Crippen molar-refractivity contribution < 1.29 is 4.92 Å². The average Bonchev–Trinajstić information content (AvgIpc) is 2.39. The summed E-state index contributed by atoms with van der Waals surface area (Å²) in [7, 11) is 0. The Morgan fingerprint density at radius 1 is 1.47 bits per heavy atom. The van der Waals surface area contributed by atoms with Gasteiger partial charge in [0.05, 0.1) is 4.92 Å². The van der Waals surface area contributed by atoms with Gasteiger partial charge in [-0.25, -0.2) is 0 Å². The summed E-state index contributed by atoms with van der Waals surface area (Å²) < 4.78 is 0.750. The Morgan fingerprint density at radius 3 is 2.84 bits per heavy atom. The Labute approximate surface area is 122 Å². The number of piperidine rings is 1. The molecule has 0 spiro atoms. The van der Waals surface area contributed by atoms with Crippen LogP contribution in [0, 0.1) is 16.0 Å². The number of halogens is 1. The molecular formula is C14H19BrN2O2. The van der Waals surface area contributed by atoms with Crippen LogP contribution in [0.15, 0.2) is 22.7 Å². The van der Waals surface area contributed by atoms with Crippen molar-refractivity contribution in [1.29, 1.82) is 0 Å². The Bertz CT molecular complexity index is 479. The molecule has 2 unspecified atom stereocenters. The molecule has 0 radical (unpaired) electrons. The van der Waals surface area contributed by atoms with E-state index >= 15 is 0 Å². The van der Waals surface area contributed by atoms with E-state index in [2.05, 4.69) is 34.7 Å². The highest BCUT2D eigenvalue weighted by atomic mass is 79.9. The topological polar surface area (TPSA) is 46.4 Å². The summed E-state index contributed by atoms with van der Waals surface area (Å²) in [5.41, 5.74) is 0.942. The Hall–Kier alpha value is -1.10. The fraction of sp³-hybridized carbons (Fsp3) is 0.571. The molecule has 1 saturated heterocycles. The van der Waals surface area contributed by atoms with Gasteiger partial charge in [0.15, 0.2) is 0 Å². The monoisotopic (exact) mass is 326 g/mol. The minimum atomic E-state index is -0.289. The second kappa shape index (κ2) is 5.90. The van der Waals surface area contributed by atoms with Crippen LogP contribution in [-0.2, 0) is 0 Å². The van der Waals surface area contributed by atoms with Gasteiger partial charge in [-0.15, -0.1) is 0 Å². The molecular weight excluding hydrogens is 308 g/mol. The lowest BCUT2D eigenvalue weighted by atomic mass is 9.91. The molecule has 1 aliphatic rings.